The highest BCUT2D eigenvalue weighted by Gasteiger charge is 2.33. The van der Waals surface area contributed by atoms with Gasteiger partial charge in [0, 0.05) is 19.0 Å². The first-order chi connectivity index (χ1) is 7.61. The van der Waals surface area contributed by atoms with Crippen LogP contribution in [0.5, 0.6) is 0 Å². The Balaban J connectivity index is 1.98. The number of anilines is 1. The Morgan fingerprint density at radius 1 is 1.75 bits per heavy atom. The van der Waals surface area contributed by atoms with Crippen molar-refractivity contribution in [2.45, 2.75) is 13.3 Å². The quantitative estimate of drug-likeness (QED) is 0.755. The molecular formula is C11H16N2O2S. The molecule has 5 heteroatoms. The van der Waals surface area contributed by atoms with Gasteiger partial charge >= 0.3 is 5.97 Å². The highest BCUT2D eigenvalue weighted by atomic mass is 32.1. The van der Waals surface area contributed by atoms with Crippen molar-refractivity contribution in [1.29, 1.82) is 0 Å². The molecule has 2 unspecified atom stereocenters. The molecule has 1 aliphatic rings. The highest BCUT2D eigenvalue weighted by molar-refractivity contribution is 7.13. The van der Waals surface area contributed by atoms with Gasteiger partial charge < -0.3 is 9.64 Å². The van der Waals surface area contributed by atoms with Crippen molar-refractivity contribution in [2.75, 3.05) is 25.6 Å². The molecule has 0 N–H and O–H groups in total. The Morgan fingerprint density at radius 2 is 2.44 bits per heavy atom. The number of rotatable bonds is 4. The topological polar surface area (TPSA) is 42.4 Å². The lowest BCUT2D eigenvalue weighted by atomic mass is 10.3. The largest absolute Gasteiger partial charge is 0.464 e. The summed E-state index contributed by atoms with van der Waals surface area (Å²) in [4.78, 5) is 17.6. The fourth-order valence-electron chi connectivity index (χ4n) is 1.72. The molecule has 0 saturated heterocycles. The minimum Gasteiger partial charge on any atom is -0.464 e. The maximum absolute atomic E-state index is 11.2. The Hall–Kier alpha value is -1.10. The molecule has 0 bridgehead atoms. The van der Waals surface area contributed by atoms with Gasteiger partial charge in [0.05, 0.1) is 7.11 Å². The van der Waals surface area contributed by atoms with E-state index in [1.54, 1.807) is 5.38 Å². The molecule has 1 aliphatic carbocycles. The second-order valence-electron chi connectivity index (χ2n) is 4.36. The van der Waals surface area contributed by atoms with Gasteiger partial charge in [-0.05, 0) is 18.3 Å². The molecule has 88 valence electrons. The number of aromatic nitrogens is 1. The van der Waals surface area contributed by atoms with Crippen LogP contribution in [0.1, 0.15) is 23.8 Å². The van der Waals surface area contributed by atoms with Crippen LogP contribution in [0.3, 0.4) is 0 Å². The van der Waals surface area contributed by atoms with Crippen molar-refractivity contribution in [3.63, 3.8) is 0 Å². The van der Waals surface area contributed by atoms with Crippen molar-refractivity contribution in [3.8, 4) is 0 Å². The highest BCUT2D eigenvalue weighted by Crippen LogP contribution is 2.38. The number of esters is 1. The van der Waals surface area contributed by atoms with Crippen LogP contribution in [-0.4, -0.2) is 31.7 Å². The number of nitrogens with zero attached hydrogens (tertiary/aromatic N) is 2. The summed E-state index contributed by atoms with van der Waals surface area (Å²) < 4.78 is 4.63. The lowest BCUT2D eigenvalue weighted by Crippen LogP contribution is -2.20. The average Bonchev–Trinajstić information content (AvgIpc) is 2.81. The monoisotopic (exact) mass is 240 g/mol. The third-order valence-electron chi connectivity index (χ3n) is 3.00. The van der Waals surface area contributed by atoms with Gasteiger partial charge in [-0.15, -0.1) is 11.3 Å². The molecule has 1 fully saturated rings. The van der Waals surface area contributed by atoms with E-state index in [9.17, 15) is 4.79 Å². The van der Waals surface area contributed by atoms with Gasteiger partial charge in [-0.25, -0.2) is 9.78 Å². The Labute approximate surface area is 99.2 Å². The molecule has 1 aromatic rings. The number of methoxy groups -OCH3 is 1. The van der Waals surface area contributed by atoms with Crippen molar-refractivity contribution in [1.82, 2.24) is 4.98 Å². The van der Waals surface area contributed by atoms with Crippen molar-refractivity contribution in [2.24, 2.45) is 11.8 Å². The maximum atomic E-state index is 11.2. The lowest BCUT2D eigenvalue weighted by Gasteiger charge is -2.14. The second-order valence-corrected chi connectivity index (χ2v) is 5.20. The molecule has 1 saturated carbocycles. The first-order valence-corrected chi connectivity index (χ1v) is 6.24. The van der Waals surface area contributed by atoms with Gasteiger partial charge in [0.1, 0.15) is 0 Å². The zero-order chi connectivity index (χ0) is 11.7. The number of carbonyl (C=O) groups excluding carboxylic acids is 1. The molecule has 4 nitrogen and oxygen atoms in total. The van der Waals surface area contributed by atoms with Gasteiger partial charge in [-0.3, -0.25) is 0 Å². The van der Waals surface area contributed by atoms with Gasteiger partial charge in [-0.1, -0.05) is 6.92 Å². The first-order valence-electron chi connectivity index (χ1n) is 5.36. The summed E-state index contributed by atoms with van der Waals surface area (Å²) in [5.41, 5.74) is 0.401. The smallest absolute Gasteiger partial charge is 0.357 e. The van der Waals surface area contributed by atoms with Crippen LogP contribution in [0.15, 0.2) is 5.38 Å². The SMILES string of the molecule is COC(=O)c1csc(N(C)CC2CC2C)n1. The third kappa shape index (κ3) is 2.35. The van der Waals surface area contributed by atoms with E-state index in [1.165, 1.54) is 24.9 Å². The summed E-state index contributed by atoms with van der Waals surface area (Å²) in [5, 5.41) is 2.63. The summed E-state index contributed by atoms with van der Waals surface area (Å²) in [6, 6.07) is 0. The molecular weight excluding hydrogens is 224 g/mol. The number of thiazole rings is 1. The zero-order valence-electron chi connectivity index (χ0n) is 9.77. The summed E-state index contributed by atoms with van der Waals surface area (Å²) in [6.07, 6.45) is 1.31. The number of hydrogen-bond donors (Lipinski definition) is 0. The van der Waals surface area contributed by atoms with E-state index < -0.39 is 0 Å². The molecule has 16 heavy (non-hydrogen) atoms. The Morgan fingerprint density at radius 3 is 3.00 bits per heavy atom. The van der Waals surface area contributed by atoms with Gasteiger partial charge in [-0.2, -0.15) is 0 Å². The van der Waals surface area contributed by atoms with Crippen LogP contribution in [-0.2, 0) is 4.74 Å². The summed E-state index contributed by atoms with van der Waals surface area (Å²) in [7, 11) is 3.39. The van der Waals surface area contributed by atoms with E-state index in [0.29, 0.717) is 5.69 Å². The molecule has 0 radical (unpaired) electrons. The fraction of sp³-hybridized carbons (Fsp3) is 0.636. The van der Waals surface area contributed by atoms with Crippen LogP contribution in [0.2, 0.25) is 0 Å². The predicted octanol–water partition coefficient (Wildman–Crippen LogP) is 2.02. The summed E-state index contributed by atoms with van der Waals surface area (Å²) in [5.74, 6) is 1.26. The predicted molar refractivity (Wildman–Crippen MR) is 64.0 cm³/mol. The molecule has 2 rings (SSSR count). The average molecular weight is 240 g/mol. The minimum atomic E-state index is -0.365. The van der Waals surface area contributed by atoms with E-state index in [-0.39, 0.29) is 5.97 Å². The number of hydrogen-bond acceptors (Lipinski definition) is 5. The van der Waals surface area contributed by atoms with E-state index >= 15 is 0 Å². The van der Waals surface area contributed by atoms with Crippen LogP contribution < -0.4 is 4.90 Å². The Bertz CT molecular complexity index is 391. The second kappa shape index (κ2) is 4.41. The van der Waals surface area contributed by atoms with Crippen LogP contribution in [0, 0.1) is 11.8 Å². The van der Waals surface area contributed by atoms with E-state index in [4.69, 9.17) is 0 Å². The molecule has 1 heterocycles. The normalized spacial score (nSPS) is 22.9. The molecule has 0 spiro atoms. The van der Waals surface area contributed by atoms with Crippen LogP contribution in [0.25, 0.3) is 0 Å². The van der Waals surface area contributed by atoms with Gasteiger partial charge in [0.2, 0.25) is 0 Å². The molecule has 1 aromatic heterocycles. The molecule has 0 aliphatic heterocycles. The molecule has 0 aromatic carbocycles. The van der Waals surface area contributed by atoms with E-state index in [0.717, 1.165) is 23.5 Å². The molecule has 0 amide bonds. The fourth-order valence-corrected chi connectivity index (χ4v) is 2.49. The molecule has 2 atom stereocenters. The first kappa shape index (κ1) is 11.4. The van der Waals surface area contributed by atoms with Crippen LogP contribution in [0.4, 0.5) is 5.13 Å². The van der Waals surface area contributed by atoms with E-state index in [2.05, 4.69) is 21.5 Å². The maximum Gasteiger partial charge on any atom is 0.357 e. The van der Waals surface area contributed by atoms with Crippen molar-refractivity contribution >= 4 is 22.4 Å². The van der Waals surface area contributed by atoms with Crippen molar-refractivity contribution < 1.29 is 9.53 Å². The number of ether oxygens (including phenoxy) is 1. The summed E-state index contributed by atoms with van der Waals surface area (Å²) >= 11 is 1.49. The van der Waals surface area contributed by atoms with Crippen LogP contribution >= 0.6 is 11.3 Å². The minimum absolute atomic E-state index is 0.365. The number of carbonyl (C=O) groups is 1. The standard InChI is InChI=1S/C11H16N2O2S/c1-7-4-8(7)5-13(2)11-12-9(6-16-11)10(14)15-3/h6-8H,4-5H2,1-3H3. The third-order valence-corrected chi connectivity index (χ3v) is 3.95. The van der Waals surface area contributed by atoms with Gasteiger partial charge in [0.15, 0.2) is 10.8 Å². The Kier molecular flexibility index (Phi) is 3.14. The van der Waals surface area contributed by atoms with Gasteiger partial charge in [0.25, 0.3) is 0 Å². The van der Waals surface area contributed by atoms with E-state index in [1.807, 2.05) is 7.05 Å². The zero-order valence-corrected chi connectivity index (χ0v) is 10.6. The lowest BCUT2D eigenvalue weighted by molar-refractivity contribution is 0.0595. The van der Waals surface area contributed by atoms with Crippen molar-refractivity contribution in [3.05, 3.63) is 11.1 Å². The summed E-state index contributed by atoms with van der Waals surface area (Å²) in [6.45, 7) is 3.29.